The molecule has 3 aromatic rings. The maximum absolute atomic E-state index is 14.4. The predicted molar refractivity (Wildman–Crippen MR) is 140 cm³/mol. The largest absolute Gasteiger partial charge is 0.488 e. The minimum atomic E-state index is -4.08. The number of ether oxygens (including phenoxy) is 2. The molecule has 10 nitrogen and oxygen atoms in total. The normalized spacial score (nSPS) is 20.3. The van der Waals surface area contributed by atoms with Crippen LogP contribution in [0.25, 0.3) is 5.65 Å². The van der Waals surface area contributed by atoms with Crippen LogP contribution in [0.2, 0.25) is 0 Å². The molecule has 2 aromatic heterocycles. The summed E-state index contributed by atoms with van der Waals surface area (Å²) in [5, 5.41) is 0. The van der Waals surface area contributed by atoms with Crippen LogP contribution in [0.15, 0.2) is 42.7 Å². The number of pyridine rings is 1. The molecule has 1 amide bonds. The molecule has 0 spiro atoms. The number of anilines is 1. The van der Waals surface area contributed by atoms with Crippen molar-refractivity contribution >= 4 is 27.5 Å². The van der Waals surface area contributed by atoms with Crippen LogP contribution in [0.4, 0.5) is 10.1 Å². The lowest BCUT2D eigenvalue weighted by Crippen LogP contribution is -2.48. The van der Waals surface area contributed by atoms with Gasteiger partial charge < -0.3 is 14.4 Å². The second kappa shape index (κ2) is 10.2. The summed E-state index contributed by atoms with van der Waals surface area (Å²) in [4.78, 5) is 19.3. The molecule has 2 atom stereocenters. The molecule has 38 heavy (non-hydrogen) atoms. The third-order valence-electron chi connectivity index (χ3n) is 6.49. The zero-order valence-corrected chi connectivity index (χ0v) is 22.4. The number of carbonyl (C=O) groups excluding carboxylic acids is 1. The SMILES string of the molecule is CC(C)(C)NS(=O)(=O)NC(=O)c1cnc2ccc(N3CCCC3c3cc(F)ccc3OC3CCOC3)cn12. The third kappa shape index (κ3) is 5.77. The molecular weight excluding hydrogens is 513 g/mol. The molecule has 12 heteroatoms. The van der Waals surface area contributed by atoms with Gasteiger partial charge in [-0.05, 0) is 63.9 Å². The van der Waals surface area contributed by atoms with Gasteiger partial charge in [-0.15, -0.1) is 0 Å². The fourth-order valence-corrected chi connectivity index (χ4v) is 6.19. The first-order valence-corrected chi connectivity index (χ1v) is 14.1. The zero-order chi connectivity index (χ0) is 27.1. The number of hydrogen-bond donors (Lipinski definition) is 2. The standard InChI is InChI=1S/C26H32FN5O5S/c1-26(2,3)30-38(34,35)29-25(33)22-14-28-24-9-7-18(15-32(22)24)31-11-4-5-21(31)20-13-17(27)6-8-23(20)37-19-10-12-36-16-19/h6-9,13-15,19,21,30H,4-5,10-12,16H2,1-3H3,(H,29,33). The maximum Gasteiger partial charge on any atom is 0.302 e. The van der Waals surface area contributed by atoms with Gasteiger partial charge in [0, 0.05) is 30.3 Å². The van der Waals surface area contributed by atoms with Crippen molar-refractivity contribution in [3.05, 3.63) is 59.8 Å². The number of rotatable bonds is 7. The number of nitrogens with zero attached hydrogens (tertiary/aromatic N) is 3. The number of benzene rings is 1. The molecule has 0 bridgehead atoms. The highest BCUT2D eigenvalue weighted by atomic mass is 32.2. The van der Waals surface area contributed by atoms with Crippen LogP contribution in [0.3, 0.4) is 0 Å². The zero-order valence-electron chi connectivity index (χ0n) is 21.6. The van der Waals surface area contributed by atoms with Crippen LogP contribution >= 0.6 is 0 Å². The fourth-order valence-electron chi connectivity index (χ4n) is 4.98. The van der Waals surface area contributed by atoms with E-state index in [2.05, 4.69) is 19.3 Å². The van der Waals surface area contributed by atoms with E-state index in [1.54, 1.807) is 43.5 Å². The maximum atomic E-state index is 14.4. The molecule has 2 aliphatic heterocycles. The Labute approximate surface area is 221 Å². The van der Waals surface area contributed by atoms with Crippen LogP contribution in [-0.2, 0) is 14.9 Å². The van der Waals surface area contributed by atoms with E-state index in [4.69, 9.17) is 9.47 Å². The number of aromatic nitrogens is 2. The lowest BCUT2D eigenvalue weighted by atomic mass is 10.0. The summed E-state index contributed by atoms with van der Waals surface area (Å²) < 4.78 is 56.9. The van der Waals surface area contributed by atoms with Crippen molar-refractivity contribution in [1.82, 2.24) is 18.8 Å². The van der Waals surface area contributed by atoms with Gasteiger partial charge in [0.25, 0.3) is 5.91 Å². The Kier molecular flexibility index (Phi) is 7.05. The highest BCUT2D eigenvalue weighted by molar-refractivity contribution is 7.88. The first-order chi connectivity index (χ1) is 18.0. The highest BCUT2D eigenvalue weighted by Crippen LogP contribution is 2.41. The van der Waals surface area contributed by atoms with Crippen molar-refractivity contribution in [1.29, 1.82) is 0 Å². The number of hydrogen-bond acceptors (Lipinski definition) is 7. The number of amides is 1. The Morgan fingerprint density at radius 1 is 1.21 bits per heavy atom. The molecule has 2 saturated heterocycles. The van der Waals surface area contributed by atoms with E-state index in [0.717, 1.165) is 37.1 Å². The quantitative estimate of drug-likeness (QED) is 0.468. The van der Waals surface area contributed by atoms with Crippen molar-refractivity contribution < 1.29 is 27.1 Å². The number of fused-ring (bicyclic) bond motifs is 1. The second-order valence-corrected chi connectivity index (χ2v) is 12.1. The summed E-state index contributed by atoms with van der Waals surface area (Å²) in [6.07, 6.45) is 5.50. The van der Waals surface area contributed by atoms with Crippen LogP contribution in [0, 0.1) is 5.82 Å². The monoisotopic (exact) mass is 545 g/mol. The smallest absolute Gasteiger partial charge is 0.302 e. The molecule has 2 N–H and O–H groups in total. The summed E-state index contributed by atoms with van der Waals surface area (Å²) in [6.45, 7) is 6.92. The Bertz CT molecular complexity index is 1450. The van der Waals surface area contributed by atoms with Crippen LogP contribution in [-0.4, -0.2) is 55.1 Å². The number of carbonyl (C=O) groups is 1. The van der Waals surface area contributed by atoms with Crippen molar-refractivity contribution in [3.8, 4) is 5.75 Å². The van der Waals surface area contributed by atoms with Gasteiger partial charge in [-0.3, -0.25) is 9.20 Å². The highest BCUT2D eigenvalue weighted by Gasteiger charge is 2.31. The Morgan fingerprint density at radius 2 is 2.03 bits per heavy atom. The molecule has 0 radical (unpaired) electrons. The number of imidazole rings is 1. The summed E-state index contributed by atoms with van der Waals surface area (Å²) in [5.74, 6) is -0.501. The van der Waals surface area contributed by atoms with Gasteiger partial charge in [-0.25, -0.2) is 14.1 Å². The first-order valence-electron chi connectivity index (χ1n) is 12.6. The van der Waals surface area contributed by atoms with Gasteiger partial charge in [0.1, 0.15) is 29.0 Å². The molecular formula is C26H32FN5O5S. The van der Waals surface area contributed by atoms with Crippen molar-refractivity contribution in [2.45, 2.75) is 57.7 Å². The van der Waals surface area contributed by atoms with E-state index in [1.807, 2.05) is 6.07 Å². The first kappa shape index (κ1) is 26.4. The average molecular weight is 546 g/mol. The minimum Gasteiger partial charge on any atom is -0.488 e. The van der Waals surface area contributed by atoms with Gasteiger partial charge in [0.05, 0.1) is 31.1 Å². The molecule has 1 aromatic carbocycles. The average Bonchev–Trinajstić information content (AvgIpc) is 3.58. The van der Waals surface area contributed by atoms with Gasteiger partial charge in [0.2, 0.25) is 0 Å². The molecule has 2 aliphatic rings. The van der Waals surface area contributed by atoms with E-state index in [9.17, 15) is 17.6 Å². The Morgan fingerprint density at radius 3 is 2.76 bits per heavy atom. The van der Waals surface area contributed by atoms with E-state index < -0.39 is 21.7 Å². The lowest BCUT2D eigenvalue weighted by molar-refractivity contribution is 0.0975. The number of nitrogens with one attached hydrogen (secondary N) is 2. The summed E-state index contributed by atoms with van der Waals surface area (Å²) in [7, 11) is -4.08. The molecule has 2 fully saturated rings. The van der Waals surface area contributed by atoms with Crippen molar-refractivity contribution in [2.24, 2.45) is 0 Å². The predicted octanol–water partition coefficient (Wildman–Crippen LogP) is 3.35. The van der Waals surface area contributed by atoms with Gasteiger partial charge in [-0.1, -0.05) is 0 Å². The van der Waals surface area contributed by atoms with Gasteiger partial charge >= 0.3 is 10.2 Å². The van der Waals surface area contributed by atoms with E-state index in [0.29, 0.717) is 24.6 Å². The molecule has 0 saturated carbocycles. The van der Waals surface area contributed by atoms with Crippen LogP contribution in [0.5, 0.6) is 5.75 Å². The molecule has 5 rings (SSSR count). The van der Waals surface area contributed by atoms with Gasteiger partial charge in [-0.2, -0.15) is 13.1 Å². The van der Waals surface area contributed by atoms with Crippen LogP contribution < -0.4 is 19.1 Å². The Balaban J connectivity index is 1.44. The van der Waals surface area contributed by atoms with E-state index >= 15 is 0 Å². The molecule has 0 aliphatic carbocycles. The number of halogens is 1. The van der Waals surface area contributed by atoms with E-state index in [-0.39, 0.29) is 23.7 Å². The van der Waals surface area contributed by atoms with Crippen molar-refractivity contribution in [3.63, 3.8) is 0 Å². The lowest BCUT2D eigenvalue weighted by Gasteiger charge is -2.29. The minimum absolute atomic E-state index is 0.0681. The van der Waals surface area contributed by atoms with E-state index in [1.165, 1.54) is 18.3 Å². The van der Waals surface area contributed by atoms with Crippen molar-refractivity contribution in [2.75, 3.05) is 24.7 Å². The topological polar surface area (TPSA) is 114 Å². The second-order valence-electron chi connectivity index (χ2n) is 10.7. The summed E-state index contributed by atoms with van der Waals surface area (Å²) in [5.41, 5.74) is 1.37. The molecule has 204 valence electrons. The van der Waals surface area contributed by atoms with Crippen LogP contribution in [0.1, 0.15) is 62.1 Å². The van der Waals surface area contributed by atoms with Gasteiger partial charge in [0.15, 0.2) is 0 Å². The molecule has 4 heterocycles. The fraction of sp³-hybridized carbons (Fsp3) is 0.462. The summed E-state index contributed by atoms with van der Waals surface area (Å²) in [6, 6.07) is 8.12. The third-order valence-corrected chi connectivity index (χ3v) is 7.82. The molecule has 2 unspecified atom stereocenters. The summed E-state index contributed by atoms with van der Waals surface area (Å²) >= 11 is 0. The Hall–Kier alpha value is -3.22.